The number of rotatable bonds is 5. The molecule has 0 unspecified atom stereocenters. The van der Waals surface area contributed by atoms with Gasteiger partial charge >= 0.3 is 0 Å². The van der Waals surface area contributed by atoms with Gasteiger partial charge in [0.1, 0.15) is 5.75 Å². The first-order valence-electron chi connectivity index (χ1n) is 6.09. The lowest BCUT2D eigenvalue weighted by Gasteiger charge is -2.11. The normalized spacial score (nSPS) is 12.4. The molecule has 18 heavy (non-hydrogen) atoms. The van der Waals surface area contributed by atoms with E-state index in [-0.39, 0.29) is 6.04 Å². The summed E-state index contributed by atoms with van der Waals surface area (Å²) in [7, 11) is 1.68. The molecular formula is C14H19N3O. The molecule has 96 valence electrons. The van der Waals surface area contributed by atoms with Crippen LogP contribution in [0.5, 0.6) is 5.75 Å². The maximum Gasteiger partial charge on any atom is 0.119 e. The van der Waals surface area contributed by atoms with E-state index in [1.807, 2.05) is 31.6 Å². The topological polar surface area (TPSA) is 53.1 Å². The lowest BCUT2D eigenvalue weighted by molar-refractivity contribution is 0.414. The zero-order valence-electron chi connectivity index (χ0n) is 10.8. The van der Waals surface area contributed by atoms with Crippen molar-refractivity contribution >= 4 is 0 Å². The number of methoxy groups -OCH3 is 1. The highest BCUT2D eigenvalue weighted by Crippen LogP contribution is 2.15. The number of aryl methyl sites for hydroxylation is 2. The summed E-state index contributed by atoms with van der Waals surface area (Å²) in [6.45, 7) is 2.85. The molecule has 0 radical (unpaired) electrons. The highest BCUT2D eigenvalue weighted by Gasteiger charge is 2.06. The Hall–Kier alpha value is -1.81. The van der Waals surface area contributed by atoms with Gasteiger partial charge in [-0.1, -0.05) is 12.1 Å². The summed E-state index contributed by atoms with van der Waals surface area (Å²) in [4.78, 5) is 4.15. The van der Waals surface area contributed by atoms with Gasteiger partial charge in [0.25, 0.3) is 0 Å². The minimum atomic E-state index is 0.0119. The highest BCUT2D eigenvalue weighted by molar-refractivity contribution is 5.28. The number of nitrogens with two attached hydrogens (primary N) is 1. The predicted molar refractivity (Wildman–Crippen MR) is 71.5 cm³/mol. The van der Waals surface area contributed by atoms with Crippen molar-refractivity contribution in [3.8, 4) is 5.75 Å². The summed E-state index contributed by atoms with van der Waals surface area (Å²) in [5, 5.41) is 0. The first kappa shape index (κ1) is 12.6. The first-order valence-corrected chi connectivity index (χ1v) is 6.09. The van der Waals surface area contributed by atoms with E-state index < -0.39 is 0 Å². The fourth-order valence-electron chi connectivity index (χ4n) is 1.97. The summed E-state index contributed by atoms with van der Waals surface area (Å²) in [5.41, 5.74) is 8.21. The maximum atomic E-state index is 5.89. The third-order valence-corrected chi connectivity index (χ3v) is 2.99. The van der Waals surface area contributed by atoms with Gasteiger partial charge in [-0.25, -0.2) is 4.98 Å². The van der Waals surface area contributed by atoms with Crippen molar-refractivity contribution in [2.45, 2.75) is 25.9 Å². The highest BCUT2D eigenvalue weighted by atomic mass is 16.5. The van der Waals surface area contributed by atoms with Gasteiger partial charge in [-0.2, -0.15) is 0 Å². The zero-order valence-corrected chi connectivity index (χ0v) is 10.8. The van der Waals surface area contributed by atoms with Gasteiger partial charge in [-0.05, 0) is 31.0 Å². The zero-order chi connectivity index (χ0) is 13.0. The van der Waals surface area contributed by atoms with E-state index in [0.29, 0.717) is 0 Å². The average molecular weight is 245 g/mol. The van der Waals surface area contributed by atoms with E-state index >= 15 is 0 Å². The Morgan fingerprint density at radius 1 is 1.44 bits per heavy atom. The summed E-state index contributed by atoms with van der Waals surface area (Å²) >= 11 is 0. The quantitative estimate of drug-likeness (QED) is 0.878. The molecule has 0 saturated carbocycles. The Kier molecular flexibility index (Phi) is 3.99. The Morgan fingerprint density at radius 3 is 3.00 bits per heavy atom. The van der Waals surface area contributed by atoms with Crippen molar-refractivity contribution in [1.82, 2.24) is 9.55 Å². The van der Waals surface area contributed by atoms with Crippen molar-refractivity contribution in [3.05, 3.63) is 48.0 Å². The van der Waals surface area contributed by atoms with Crippen LogP contribution in [0, 0.1) is 0 Å². The lowest BCUT2D eigenvalue weighted by atomic mass is 10.1. The minimum absolute atomic E-state index is 0.0119. The summed E-state index contributed by atoms with van der Waals surface area (Å²) in [6, 6.07) is 8.13. The van der Waals surface area contributed by atoms with Gasteiger partial charge < -0.3 is 15.0 Å². The van der Waals surface area contributed by atoms with Crippen LogP contribution in [0.2, 0.25) is 0 Å². The first-order chi connectivity index (χ1) is 8.70. The lowest BCUT2D eigenvalue weighted by Crippen LogP contribution is -2.12. The van der Waals surface area contributed by atoms with Crippen molar-refractivity contribution < 1.29 is 4.74 Å². The van der Waals surface area contributed by atoms with Crippen LogP contribution in [0.1, 0.15) is 24.2 Å². The molecule has 0 aliphatic carbocycles. The van der Waals surface area contributed by atoms with Gasteiger partial charge in [0.15, 0.2) is 0 Å². The molecule has 1 heterocycles. The summed E-state index contributed by atoms with van der Waals surface area (Å²) in [6.07, 6.45) is 4.60. The van der Waals surface area contributed by atoms with Gasteiger partial charge in [0.05, 0.1) is 19.1 Å². The molecule has 1 aromatic heterocycles. The van der Waals surface area contributed by atoms with Crippen LogP contribution in [0.25, 0.3) is 0 Å². The fraction of sp³-hybridized carbons (Fsp3) is 0.357. The fourth-order valence-corrected chi connectivity index (χ4v) is 1.97. The molecule has 2 rings (SSSR count). The molecule has 1 aromatic carbocycles. The number of hydrogen-bond acceptors (Lipinski definition) is 3. The molecule has 0 saturated heterocycles. The number of nitrogens with zero attached hydrogens (tertiary/aromatic N) is 2. The molecule has 2 aromatic rings. The SMILES string of the molecule is COc1cccc(CCn2cncc2[C@@H](C)N)c1. The van der Waals surface area contributed by atoms with E-state index in [0.717, 1.165) is 24.4 Å². The van der Waals surface area contributed by atoms with Crippen molar-refractivity contribution in [3.63, 3.8) is 0 Å². The van der Waals surface area contributed by atoms with Crippen LogP contribution >= 0.6 is 0 Å². The van der Waals surface area contributed by atoms with Crippen LogP contribution in [-0.4, -0.2) is 16.7 Å². The maximum absolute atomic E-state index is 5.89. The van der Waals surface area contributed by atoms with Gasteiger partial charge in [0, 0.05) is 18.8 Å². The summed E-state index contributed by atoms with van der Waals surface area (Å²) in [5.74, 6) is 0.894. The number of aromatic nitrogens is 2. The number of benzene rings is 1. The van der Waals surface area contributed by atoms with Gasteiger partial charge in [-0.15, -0.1) is 0 Å². The molecule has 0 spiro atoms. The second-order valence-corrected chi connectivity index (χ2v) is 4.40. The van der Waals surface area contributed by atoms with Crippen LogP contribution in [0.15, 0.2) is 36.8 Å². The second-order valence-electron chi connectivity index (χ2n) is 4.40. The van der Waals surface area contributed by atoms with Crippen molar-refractivity contribution in [2.75, 3.05) is 7.11 Å². The Balaban J connectivity index is 2.04. The second kappa shape index (κ2) is 5.69. The van der Waals surface area contributed by atoms with E-state index in [1.54, 1.807) is 7.11 Å². The van der Waals surface area contributed by atoms with Crippen molar-refractivity contribution in [2.24, 2.45) is 5.73 Å². The predicted octanol–water partition coefficient (Wildman–Crippen LogP) is 2.15. The molecule has 1 atom stereocenters. The molecule has 0 bridgehead atoms. The minimum Gasteiger partial charge on any atom is -0.497 e. The molecule has 0 aliphatic heterocycles. The van der Waals surface area contributed by atoms with Crippen LogP contribution in [0.4, 0.5) is 0 Å². The largest absolute Gasteiger partial charge is 0.497 e. The standard InChI is InChI=1S/C14H19N3O/c1-11(15)14-9-16-10-17(14)7-6-12-4-3-5-13(8-12)18-2/h3-5,8-11H,6-7,15H2,1-2H3/t11-/m1/s1. The van der Waals surface area contributed by atoms with Crippen LogP contribution in [0.3, 0.4) is 0 Å². The van der Waals surface area contributed by atoms with Gasteiger partial charge in [0.2, 0.25) is 0 Å². The number of ether oxygens (including phenoxy) is 1. The molecule has 0 fully saturated rings. The van der Waals surface area contributed by atoms with Crippen molar-refractivity contribution in [1.29, 1.82) is 0 Å². The van der Waals surface area contributed by atoms with Crippen LogP contribution in [-0.2, 0) is 13.0 Å². The number of hydrogen-bond donors (Lipinski definition) is 1. The van der Waals surface area contributed by atoms with E-state index in [4.69, 9.17) is 10.5 Å². The Labute approximate surface area is 107 Å². The van der Waals surface area contributed by atoms with Gasteiger partial charge in [-0.3, -0.25) is 0 Å². The molecule has 4 nitrogen and oxygen atoms in total. The van der Waals surface area contributed by atoms with E-state index in [9.17, 15) is 0 Å². The molecule has 0 aliphatic rings. The smallest absolute Gasteiger partial charge is 0.119 e. The summed E-state index contributed by atoms with van der Waals surface area (Å²) < 4.78 is 7.32. The number of imidazole rings is 1. The molecular weight excluding hydrogens is 226 g/mol. The third-order valence-electron chi connectivity index (χ3n) is 2.99. The van der Waals surface area contributed by atoms with E-state index in [1.165, 1.54) is 5.56 Å². The van der Waals surface area contributed by atoms with Crippen LogP contribution < -0.4 is 10.5 Å². The molecule has 2 N–H and O–H groups in total. The van der Waals surface area contributed by atoms with E-state index in [2.05, 4.69) is 21.7 Å². The average Bonchev–Trinajstić information content (AvgIpc) is 2.85. The Morgan fingerprint density at radius 2 is 2.28 bits per heavy atom. The molecule has 4 heteroatoms. The molecule has 0 amide bonds. The third kappa shape index (κ3) is 2.90. The monoisotopic (exact) mass is 245 g/mol. The Bertz CT molecular complexity index is 505.